The van der Waals surface area contributed by atoms with Crippen LogP contribution in [0.1, 0.15) is 30.8 Å². The molecule has 1 aromatic heterocycles. The van der Waals surface area contributed by atoms with Crippen LogP contribution in [-0.4, -0.2) is 33.5 Å². The van der Waals surface area contributed by atoms with E-state index in [2.05, 4.69) is 27.7 Å². The lowest BCUT2D eigenvalue weighted by Gasteiger charge is -2.09. The fraction of sp³-hybridized carbons (Fsp3) is 0.348. The number of ether oxygens (including phenoxy) is 2. The van der Waals surface area contributed by atoms with Crippen LogP contribution in [0.2, 0.25) is 0 Å². The van der Waals surface area contributed by atoms with E-state index in [0.717, 1.165) is 25.9 Å². The van der Waals surface area contributed by atoms with Crippen molar-refractivity contribution in [3.63, 3.8) is 0 Å². The molecular weight excluding hydrogens is 566 g/mol. The number of esters is 1. The van der Waals surface area contributed by atoms with Crippen molar-refractivity contribution in [2.24, 2.45) is 0 Å². The fourth-order valence-electron chi connectivity index (χ4n) is 3.31. The lowest BCUT2D eigenvalue weighted by Crippen LogP contribution is -2.24. The van der Waals surface area contributed by atoms with Gasteiger partial charge in [0.05, 0.1) is 21.4 Å². The minimum Gasteiger partial charge on any atom is -0.481 e. The van der Waals surface area contributed by atoms with Gasteiger partial charge in [-0.05, 0) is 84.8 Å². The SMILES string of the molecule is CCOC(=O)COc1ccc(CCc2nn(-c3ccc(C(F)(F)F)cc3)c(=O)n2CC)cc1I. The van der Waals surface area contributed by atoms with Gasteiger partial charge in [0.15, 0.2) is 6.61 Å². The van der Waals surface area contributed by atoms with Crippen LogP contribution in [0.4, 0.5) is 13.2 Å². The normalized spacial score (nSPS) is 11.5. The number of carbonyl (C=O) groups excluding carboxylic acids is 1. The minimum absolute atomic E-state index is 0.173. The van der Waals surface area contributed by atoms with Crippen LogP contribution in [0.25, 0.3) is 5.69 Å². The van der Waals surface area contributed by atoms with Crippen molar-refractivity contribution in [3.8, 4) is 11.4 Å². The van der Waals surface area contributed by atoms with Crippen molar-refractivity contribution >= 4 is 28.6 Å². The summed E-state index contributed by atoms with van der Waals surface area (Å²) in [6.07, 6.45) is -3.41. The van der Waals surface area contributed by atoms with Crippen molar-refractivity contribution in [1.82, 2.24) is 14.3 Å². The van der Waals surface area contributed by atoms with Gasteiger partial charge in [-0.15, -0.1) is 5.10 Å². The van der Waals surface area contributed by atoms with Crippen LogP contribution in [0, 0.1) is 3.57 Å². The molecule has 0 aliphatic rings. The molecule has 0 spiro atoms. The predicted molar refractivity (Wildman–Crippen MR) is 127 cm³/mol. The number of nitrogens with zero attached hydrogens (tertiary/aromatic N) is 3. The van der Waals surface area contributed by atoms with Crippen molar-refractivity contribution in [3.05, 3.63) is 73.5 Å². The van der Waals surface area contributed by atoms with E-state index >= 15 is 0 Å². The number of hydrogen-bond donors (Lipinski definition) is 0. The van der Waals surface area contributed by atoms with Gasteiger partial charge in [0.25, 0.3) is 0 Å². The number of rotatable bonds is 9. The second kappa shape index (κ2) is 11.1. The summed E-state index contributed by atoms with van der Waals surface area (Å²) < 4.78 is 52.3. The van der Waals surface area contributed by atoms with Gasteiger partial charge < -0.3 is 9.47 Å². The standard InChI is InChI=1S/C23H23F3IN3O4/c1-3-29-20(28-30(22(29)32)17-9-7-16(8-10-17)23(24,25)26)12-6-15-5-11-19(18(27)13-15)34-14-21(31)33-4-2/h5,7-11,13H,3-4,6,12,14H2,1-2H3. The average Bonchev–Trinajstić information content (AvgIpc) is 3.12. The van der Waals surface area contributed by atoms with E-state index < -0.39 is 23.4 Å². The molecule has 0 fully saturated rings. The highest BCUT2D eigenvalue weighted by molar-refractivity contribution is 14.1. The van der Waals surface area contributed by atoms with Crippen molar-refractivity contribution < 1.29 is 27.4 Å². The Bertz CT molecular complexity index is 1200. The third-order valence-corrected chi connectivity index (χ3v) is 5.82. The second-order valence-electron chi connectivity index (χ2n) is 7.26. The molecule has 0 bridgehead atoms. The Hall–Kier alpha value is -2.83. The lowest BCUT2D eigenvalue weighted by molar-refractivity contribution is -0.145. The molecule has 0 aliphatic carbocycles. The van der Waals surface area contributed by atoms with Gasteiger partial charge in [0, 0.05) is 13.0 Å². The molecule has 3 aromatic rings. The summed E-state index contributed by atoms with van der Waals surface area (Å²) in [5, 5.41) is 4.37. The first-order chi connectivity index (χ1) is 16.1. The highest BCUT2D eigenvalue weighted by Gasteiger charge is 2.30. The maximum atomic E-state index is 12.8. The van der Waals surface area contributed by atoms with Crippen LogP contribution < -0.4 is 10.4 Å². The molecule has 0 aliphatic heterocycles. The van der Waals surface area contributed by atoms with Crippen LogP contribution in [0.5, 0.6) is 5.75 Å². The van der Waals surface area contributed by atoms with Gasteiger partial charge in [-0.25, -0.2) is 9.59 Å². The number of aryl methyl sites for hydroxylation is 2. The second-order valence-corrected chi connectivity index (χ2v) is 8.42. The largest absolute Gasteiger partial charge is 0.481 e. The van der Waals surface area contributed by atoms with Crippen molar-refractivity contribution in [2.45, 2.75) is 39.4 Å². The molecule has 3 rings (SSSR count). The van der Waals surface area contributed by atoms with E-state index in [1.165, 1.54) is 16.7 Å². The number of hydrogen-bond acceptors (Lipinski definition) is 5. The topological polar surface area (TPSA) is 75.3 Å². The van der Waals surface area contributed by atoms with Gasteiger partial charge in [-0.2, -0.15) is 17.9 Å². The first-order valence-electron chi connectivity index (χ1n) is 10.6. The Balaban J connectivity index is 1.73. The monoisotopic (exact) mass is 589 g/mol. The third kappa shape index (κ3) is 6.19. The van der Waals surface area contributed by atoms with E-state index in [1.807, 2.05) is 19.1 Å². The number of halogens is 4. The van der Waals surface area contributed by atoms with Gasteiger partial charge in [0.1, 0.15) is 11.6 Å². The van der Waals surface area contributed by atoms with Crippen molar-refractivity contribution in [2.75, 3.05) is 13.2 Å². The lowest BCUT2D eigenvalue weighted by atomic mass is 10.1. The van der Waals surface area contributed by atoms with Gasteiger partial charge in [-0.1, -0.05) is 6.07 Å². The summed E-state index contributed by atoms with van der Waals surface area (Å²) in [5.74, 6) is 0.656. The molecule has 0 N–H and O–H groups in total. The third-order valence-electron chi connectivity index (χ3n) is 4.98. The number of alkyl halides is 3. The molecule has 7 nitrogen and oxygen atoms in total. The predicted octanol–water partition coefficient (Wildman–Crippen LogP) is 4.40. The molecule has 34 heavy (non-hydrogen) atoms. The van der Waals surface area contributed by atoms with Crippen LogP contribution in [0.15, 0.2) is 47.3 Å². The zero-order valence-electron chi connectivity index (χ0n) is 18.6. The Kier molecular flexibility index (Phi) is 8.39. The summed E-state index contributed by atoms with van der Waals surface area (Å²) in [7, 11) is 0. The highest BCUT2D eigenvalue weighted by atomic mass is 127. The maximum Gasteiger partial charge on any atom is 0.416 e. The van der Waals surface area contributed by atoms with E-state index in [-0.39, 0.29) is 18.9 Å². The molecular formula is C23H23F3IN3O4. The molecule has 0 unspecified atom stereocenters. The molecule has 1 heterocycles. The molecule has 0 radical (unpaired) electrons. The molecule has 0 saturated carbocycles. The maximum absolute atomic E-state index is 12.8. The van der Waals surface area contributed by atoms with Gasteiger partial charge in [0.2, 0.25) is 0 Å². The first kappa shape index (κ1) is 25.8. The van der Waals surface area contributed by atoms with Crippen LogP contribution >= 0.6 is 22.6 Å². The molecule has 0 saturated heterocycles. The molecule has 0 amide bonds. The summed E-state index contributed by atoms with van der Waals surface area (Å²) in [4.78, 5) is 24.2. The molecule has 11 heteroatoms. The quantitative estimate of drug-likeness (QED) is 0.273. The zero-order chi connectivity index (χ0) is 24.9. The van der Waals surface area contributed by atoms with Gasteiger partial charge in [-0.3, -0.25) is 4.57 Å². The van der Waals surface area contributed by atoms with E-state index in [4.69, 9.17) is 9.47 Å². The highest BCUT2D eigenvalue weighted by Crippen LogP contribution is 2.29. The summed E-state index contributed by atoms with van der Waals surface area (Å²) in [6.45, 7) is 4.03. The Morgan fingerprint density at radius 2 is 1.79 bits per heavy atom. The Morgan fingerprint density at radius 1 is 1.09 bits per heavy atom. The smallest absolute Gasteiger partial charge is 0.416 e. The average molecular weight is 589 g/mol. The minimum atomic E-state index is -4.45. The van der Waals surface area contributed by atoms with Crippen molar-refractivity contribution in [1.29, 1.82) is 0 Å². The Labute approximate surface area is 207 Å². The van der Waals surface area contributed by atoms with Crippen LogP contribution in [-0.2, 0) is 35.1 Å². The number of benzene rings is 2. The Morgan fingerprint density at radius 3 is 2.38 bits per heavy atom. The van der Waals surface area contributed by atoms with E-state index in [1.54, 1.807) is 13.0 Å². The summed E-state index contributed by atoms with van der Waals surface area (Å²) in [6, 6.07) is 9.88. The fourth-order valence-corrected chi connectivity index (χ4v) is 4.05. The summed E-state index contributed by atoms with van der Waals surface area (Å²) >= 11 is 2.12. The molecule has 0 atom stereocenters. The zero-order valence-corrected chi connectivity index (χ0v) is 20.7. The molecule has 182 valence electrons. The van der Waals surface area contributed by atoms with E-state index in [9.17, 15) is 22.8 Å². The summed E-state index contributed by atoms with van der Waals surface area (Å²) in [5.41, 5.74) is 0.0504. The van der Waals surface area contributed by atoms with Crippen LogP contribution in [0.3, 0.4) is 0 Å². The molecule has 2 aromatic carbocycles. The number of aromatic nitrogens is 3. The number of carbonyl (C=O) groups is 1. The first-order valence-corrected chi connectivity index (χ1v) is 11.6. The van der Waals surface area contributed by atoms with Gasteiger partial charge >= 0.3 is 17.8 Å². The van der Waals surface area contributed by atoms with E-state index in [0.29, 0.717) is 31.0 Å².